The number of allylic oxidation sites excluding steroid dienone is 4. The number of terminal acetylenes is 1. The van der Waals surface area contributed by atoms with Crippen molar-refractivity contribution >= 4 is 18.7 Å². The van der Waals surface area contributed by atoms with Crippen molar-refractivity contribution in [2.75, 3.05) is 26.1 Å². The van der Waals surface area contributed by atoms with Gasteiger partial charge in [0.25, 0.3) is 0 Å². The zero-order chi connectivity index (χ0) is 29.9. The van der Waals surface area contributed by atoms with Crippen molar-refractivity contribution in [2.24, 2.45) is 4.99 Å². The van der Waals surface area contributed by atoms with Crippen LogP contribution < -0.4 is 20.1 Å². The molecule has 0 atom stereocenters. The fourth-order valence-corrected chi connectivity index (χ4v) is 2.91. The van der Waals surface area contributed by atoms with Crippen LogP contribution >= 0.6 is 0 Å². The first kappa shape index (κ1) is 36.8. The van der Waals surface area contributed by atoms with Gasteiger partial charge in [0.05, 0.1) is 20.6 Å². The summed E-state index contributed by atoms with van der Waals surface area (Å²) in [4.78, 5) is 17.2. The maximum absolute atomic E-state index is 13.9. The minimum Gasteiger partial charge on any atom is -0.493 e. The third kappa shape index (κ3) is 17.7. The number of aromatic nitrogens is 3. The van der Waals surface area contributed by atoms with Crippen molar-refractivity contribution in [1.29, 1.82) is 0 Å². The zero-order valence-electron chi connectivity index (χ0n) is 24.0. The molecule has 0 fully saturated rings. The molecule has 1 aromatic heterocycles. The van der Waals surface area contributed by atoms with Gasteiger partial charge in [-0.3, -0.25) is 9.89 Å². The highest BCUT2D eigenvalue weighted by Crippen LogP contribution is 2.27. The number of aliphatic imine (C=N–C) groups is 1. The first-order valence-corrected chi connectivity index (χ1v) is 12.5. The van der Waals surface area contributed by atoms with Gasteiger partial charge in [-0.15, -0.1) is 17.9 Å². The number of halogens is 1. The molecule has 2 aromatic rings. The summed E-state index contributed by atoms with van der Waals surface area (Å²) in [6.07, 6.45) is 17.1. The van der Waals surface area contributed by atoms with Gasteiger partial charge in [0.15, 0.2) is 11.5 Å². The van der Waals surface area contributed by atoms with E-state index in [-0.39, 0.29) is 5.83 Å². The number of benzene rings is 1. The van der Waals surface area contributed by atoms with Crippen molar-refractivity contribution in [1.82, 2.24) is 20.5 Å². The van der Waals surface area contributed by atoms with E-state index in [1.807, 2.05) is 52.0 Å². The lowest BCUT2D eigenvalue weighted by atomic mass is 10.1. The molecule has 1 aromatic carbocycles. The summed E-state index contributed by atoms with van der Waals surface area (Å²) >= 11 is 0. The van der Waals surface area contributed by atoms with Gasteiger partial charge in [-0.25, -0.2) is 9.38 Å². The second-order valence-electron chi connectivity index (χ2n) is 7.21. The lowest BCUT2D eigenvalue weighted by molar-refractivity contribution is -0.108. The summed E-state index contributed by atoms with van der Waals surface area (Å²) in [6.45, 7) is 11.9. The topological polar surface area (TPSA) is 114 Å². The standard InChI is InChI=1S/C21H29FN4O2.C4H6N2O.C2H6.C2H2/c1-5-6-15(2)13-17(22)8-10-20-24-21(26-25-20)23-12-11-16-7-9-18(27-3)19(14-16)28-4;1-2-5-3-6-4-7;2*1-2/h6-9,14H,5,10-13H2,1-4H3,(H2,23,24,25,26);2-4H,1H2,(H,5,6,7);1-2H3;1-2H/b15-6-,17-8+;;;. The number of nitrogens with zero attached hydrogens (tertiary/aromatic N) is 3. The highest BCUT2D eigenvalue weighted by atomic mass is 19.1. The van der Waals surface area contributed by atoms with Gasteiger partial charge >= 0.3 is 0 Å². The third-order valence-electron chi connectivity index (χ3n) is 4.52. The Morgan fingerprint density at radius 3 is 2.49 bits per heavy atom. The van der Waals surface area contributed by atoms with Crippen LogP contribution in [0.5, 0.6) is 11.5 Å². The predicted octanol–water partition coefficient (Wildman–Crippen LogP) is 5.80. The van der Waals surface area contributed by atoms with Gasteiger partial charge in [-0.2, -0.15) is 4.98 Å². The summed E-state index contributed by atoms with van der Waals surface area (Å²) in [5.74, 6) is 2.39. The number of amides is 1. The maximum Gasteiger partial charge on any atom is 0.242 e. The Kier molecular flexibility index (Phi) is 23.8. The van der Waals surface area contributed by atoms with Gasteiger partial charge in [-0.1, -0.05) is 45.1 Å². The molecule has 0 aliphatic heterocycles. The van der Waals surface area contributed by atoms with Crippen molar-refractivity contribution in [2.45, 2.75) is 53.4 Å². The first-order chi connectivity index (χ1) is 19.0. The molecule has 1 amide bonds. The number of ether oxygens (including phenoxy) is 2. The second-order valence-corrected chi connectivity index (χ2v) is 7.21. The molecule has 0 unspecified atom stereocenters. The van der Waals surface area contributed by atoms with Gasteiger partial charge in [-0.05, 0) is 43.5 Å². The van der Waals surface area contributed by atoms with Gasteiger partial charge in [0, 0.05) is 25.6 Å². The van der Waals surface area contributed by atoms with Crippen molar-refractivity contribution in [3.8, 4) is 24.3 Å². The molecule has 10 heteroatoms. The van der Waals surface area contributed by atoms with E-state index in [1.54, 1.807) is 20.3 Å². The molecule has 1 heterocycles. The third-order valence-corrected chi connectivity index (χ3v) is 4.52. The largest absolute Gasteiger partial charge is 0.493 e. The van der Waals surface area contributed by atoms with E-state index in [4.69, 9.17) is 9.47 Å². The van der Waals surface area contributed by atoms with Crippen molar-refractivity contribution in [3.05, 3.63) is 65.9 Å². The van der Waals surface area contributed by atoms with E-state index in [0.29, 0.717) is 49.1 Å². The number of methoxy groups -OCH3 is 2. The van der Waals surface area contributed by atoms with Crippen LogP contribution in [-0.4, -0.2) is 48.7 Å². The number of nitrogens with one attached hydrogen (secondary N) is 3. The number of anilines is 1. The Bertz CT molecular complexity index is 1040. The number of carbonyl (C=O) groups excluding carboxylic acids is 1. The van der Waals surface area contributed by atoms with Gasteiger partial charge in [0.1, 0.15) is 11.7 Å². The van der Waals surface area contributed by atoms with Crippen LogP contribution in [0.4, 0.5) is 10.3 Å². The minimum atomic E-state index is -0.151. The fourth-order valence-electron chi connectivity index (χ4n) is 2.91. The molecular formula is C29H43FN6O3. The lowest BCUT2D eigenvalue weighted by Gasteiger charge is -2.09. The molecule has 0 aliphatic rings. The molecule has 3 N–H and O–H groups in total. The van der Waals surface area contributed by atoms with Gasteiger partial charge < -0.3 is 20.1 Å². The summed E-state index contributed by atoms with van der Waals surface area (Å²) in [5.41, 5.74) is 2.15. The molecule has 0 saturated carbocycles. The predicted molar refractivity (Wildman–Crippen MR) is 159 cm³/mol. The molecule has 0 aliphatic carbocycles. The molecular weight excluding hydrogens is 499 g/mol. The highest BCUT2D eigenvalue weighted by molar-refractivity contribution is 5.71. The molecule has 214 valence electrons. The Morgan fingerprint density at radius 2 is 1.90 bits per heavy atom. The Labute approximate surface area is 232 Å². The fraction of sp³-hybridized carbons (Fsp3) is 0.379. The summed E-state index contributed by atoms with van der Waals surface area (Å²) in [6, 6.07) is 5.83. The quantitative estimate of drug-likeness (QED) is 0.0914. The van der Waals surface area contributed by atoms with Crippen LogP contribution in [-0.2, 0) is 17.6 Å². The van der Waals surface area contributed by atoms with Crippen LogP contribution in [0, 0.1) is 12.8 Å². The second kappa shape index (κ2) is 25.3. The Balaban J connectivity index is 0. The number of aromatic amines is 1. The summed E-state index contributed by atoms with van der Waals surface area (Å²) < 4.78 is 24.5. The zero-order valence-corrected chi connectivity index (χ0v) is 24.0. The Hall–Kier alpha value is -4.39. The molecule has 9 nitrogen and oxygen atoms in total. The monoisotopic (exact) mass is 542 g/mol. The molecule has 0 radical (unpaired) electrons. The smallest absolute Gasteiger partial charge is 0.242 e. The van der Waals surface area contributed by atoms with Crippen molar-refractivity contribution in [3.63, 3.8) is 0 Å². The minimum absolute atomic E-state index is 0.151. The number of hydrogen-bond acceptors (Lipinski definition) is 7. The average molecular weight is 543 g/mol. The van der Waals surface area contributed by atoms with E-state index in [2.05, 4.69) is 50.2 Å². The molecule has 0 saturated heterocycles. The van der Waals surface area contributed by atoms with E-state index < -0.39 is 0 Å². The molecule has 39 heavy (non-hydrogen) atoms. The molecule has 2 rings (SSSR count). The number of hydrogen-bond donors (Lipinski definition) is 3. The maximum atomic E-state index is 13.9. The van der Waals surface area contributed by atoms with Crippen LogP contribution in [0.3, 0.4) is 0 Å². The summed E-state index contributed by atoms with van der Waals surface area (Å²) in [7, 11) is 3.23. The normalized spacial score (nSPS) is 10.5. The number of H-pyrrole nitrogens is 1. The van der Waals surface area contributed by atoms with Crippen LogP contribution in [0.25, 0.3) is 0 Å². The Morgan fingerprint density at radius 1 is 1.21 bits per heavy atom. The first-order valence-electron chi connectivity index (χ1n) is 12.5. The molecule has 0 bridgehead atoms. The average Bonchev–Trinajstić information content (AvgIpc) is 3.42. The van der Waals surface area contributed by atoms with Gasteiger partial charge in [0.2, 0.25) is 12.4 Å². The summed E-state index contributed by atoms with van der Waals surface area (Å²) in [5, 5.41) is 12.3. The van der Waals surface area contributed by atoms with E-state index in [0.717, 1.165) is 24.0 Å². The lowest BCUT2D eigenvalue weighted by Crippen LogP contribution is -2.06. The van der Waals surface area contributed by atoms with Crippen LogP contribution in [0.15, 0.2) is 59.5 Å². The number of rotatable bonds is 14. The number of carbonyl (C=O) groups is 1. The molecule has 0 spiro atoms. The van der Waals surface area contributed by atoms with Crippen molar-refractivity contribution < 1.29 is 18.7 Å². The highest BCUT2D eigenvalue weighted by Gasteiger charge is 2.06. The van der Waals surface area contributed by atoms with Crippen LogP contribution in [0.1, 0.15) is 51.9 Å². The van der Waals surface area contributed by atoms with E-state index >= 15 is 0 Å². The SMILES string of the molecule is C#C.C=CN=CNC=O.CC.CC/C=C(/C)C/C(F)=C\Cc1nc(NCCc2ccc(OC)c(OC)c2)n[nH]1. The van der Waals surface area contributed by atoms with E-state index in [9.17, 15) is 9.18 Å². The van der Waals surface area contributed by atoms with E-state index in [1.165, 1.54) is 12.5 Å². The van der Waals surface area contributed by atoms with Crippen LogP contribution in [0.2, 0.25) is 0 Å².